The van der Waals surface area contributed by atoms with Crippen LogP contribution in [0.5, 0.6) is 5.75 Å². The van der Waals surface area contributed by atoms with Crippen molar-refractivity contribution in [3.8, 4) is 5.75 Å². The Morgan fingerprint density at radius 2 is 1.81 bits per heavy atom. The molecule has 4 heteroatoms. The lowest BCUT2D eigenvalue weighted by Gasteiger charge is -2.39. The van der Waals surface area contributed by atoms with Gasteiger partial charge >= 0.3 is 0 Å². The molecule has 2 aromatic rings. The van der Waals surface area contributed by atoms with E-state index in [2.05, 4.69) is 41.5 Å². The van der Waals surface area contributed by atoms with Gasteiger partial charge in [0.05, 0.1) is 13.0 Å². The van der Waals surface area contributed by atoms with E-state index in [1.54, 1.807) is 7.11 Å². The van der Waals surface area contributed by atoms with Gasteiger partial charge in [-0.1, -0.05) is 24.3 Å². The van der Waals surface area contributed by atoms with Gasteiger partial charge in [0.15, 0.2) is 0 Å². The van der Waals surface area contributed by atoms with Crippen LogP contribution in [0.1, 0.15) is 36.3 Å². The van der Waals surface area contributed by atoms with Crippen LogP contribution in [0, 0.1) is 0 Å². The van der Waals surface area contributed by atoms with Crippen molar-refractivity contribution >= 4 is 11.6 Å². The van der Waals surface area contributed by atoms with Gasteiger partial charge in [0.25, 0.3) is 0 Å². The Hall–Kier alpha value is -2.33. The van der Waals surface area contributed by atoms with E-state index in [-0.39, 0.29) is 17.2 Å². The van der Waals surface area contributed by atoms with Crippen LogP contribution in [0.2, 0.25) is 0 Å². The maximum absolute atomic E-state index is 13.1. The summed E-state index contributed by atoms with van der Waals surface area (Å²) in [6.45, 7) is 2.20. The molecule has 1 amide bonds. The molecule has 0 aromatic heterocycles. The van der Waals surface area contributed by atoms with E-state index in [4.69, 9.17) is 4.74 Å². The molecular weight excluding hydrogens is 324 g/mol. The molecule has 0 saturated carbocycles. The van der Waals surface area contributed by atoms with Crippen LogP contribution in [0.3, 0.4) is 0 Å². The second-order valence-electron chi connectivity index (χ2n) is 7.65. The lowest BCUT2D eigenvalue weighted by molar-refractivity contribution is -0.117. The third-order valence-electron chi connectivity index (χ3n) is 6.12. The molecule has 1 fully saturated rings. The van der Waals surface area contributed by atoms with Crippen molar-refractivity contribution < 1.29 is 9.53 Å². The molecule has 1 aliphatic carbocycles. The van der Waals surface area contributed by atoms with Crippen LogP contribution in [0.15, 0.2) is 48.5 Å². The minimum atomic E-state index is -0.0725. The maximum atomic E-state index is 13.1. The zero-order chi connectivity index (χ0) is 18.1. The van der Waals surface area contributed by atoms with Gasteiger partial charge in [-0.3, -0.25) is 4.79 Å². The first-order valence-corrected chi connectivity index (χ1v) is 9.34. The molecule has 1 spiro atoms. The standard InChI is InChI=1S/C22H26N2O2/c1-24-13-11-22(12-14-24)15-19(18-5-3-4-6-20(18)22)21(25)23-16-7-9-17(26-2)10-8-16/h3-10,19H,11-15H2,1-2H3,(H,23,25). The smallest absolute Gasteiger partial charge is 0.231 e. The number of carbonyl (C=O) groups excluding carboxylic acids is 1. The lowest BCUT2D eigenvalue weighted by Crippen LogP contribution is -2.39. The zero-order valence-electron chi connectivity index (χ0n) is 15.5. The molecule has 4 nitrogen and oxygen atoms in total. The first kappa shape index (κ1) is 17.1. The van der Waals surface area contributed by atoms with Gasteiger partial charge in [0, 0.05) is 5.69 Å². The van der Waals surface area contributed by atoms with Crippen molar-refractivity contribution in [1.82, 2.24) is 4.90 Å². The number of fused-ring (bicyclic) bond motifs is 2. The van der Waals surface area contributed by atoms with E-state index in [9.17, 15) is 4.79 Å². The fourth-order valence-corrected chi connectivity index (χ4v) is 4.55. The van der Waals surface area contributed by atoms with Crippen LogP contribution in [0.25, 0.3) is 0 Å². The average Bonchev–Trinajstić information content (AvgIpc) is 3.00. The highest BCUT2D eigenvalue weighted by atomic mass is 16.5. The Kier molecular flexibility index (Phi) is 4.45. The minimum absolute atomic E-state index is 0.0725. The van der Waals surface area contributed by atoms with Crippen molar-refractivity contribution in [3.63, 3.8) is 0 Å². The number of piperidine rings is 1. The Bertz CT molecular complexity index is 792. The number of methoxy groups -OCH3 is 1. The summed E-state index contributed by atoms with van der Waals surface area (Å²) in [5, 5.41) is 3.10. The fourth-order valence-electron chi connectivity index (χ4n) is 4.55. The van der Waals surface area contributed by atoms with Gasteiger partial charge in [-0.25, -0.2) is 0 Å². The number of hydrogen-bond donors (Lipinski definition) is 1. The molecular formula is C22H26N2O2. The normalized spacial score (nSPS) is 21.4. The van der Waals surface area contributed by atoms with E-state index in [0.717, 1.165) is 43.8 Å². The maximum Gasteiger partial charge on any atom is 0.231 e. The molecule has 1 atom stereocenters. The van der Waals surface area contributed by atoms with E-state index < -0.39 is 0 Å². The second kappa shape index (κ2) is 6.76. The minimum Gasteiger partial charge on any atom is -0.497 e. The van der Waals surface area contributed by atoms with Crippen LogP contribution in [-0.4, -0.2) is 38.1 Å². The van der Waals surface area contributed by atoms with E-state index in [1.165, 1.54) is 11.1 Å². The summed E-state index contributed by atoms with van der Waals surface area (Å²) >= 11 is 0. The number of carbonyl (C=O) groups is 1. The van der Waals surface area contributed by atoms with Crippen LogP contribution >= 0.6 is 0 Å². The van der Waals surface area contributed by atoms with Gasteiger partial charge in [0.2, 0.25) is 5.91 Å². The highest BCUT2D eigenvalue weighted by Crippen LogP contribution is 2.51. The monoisotopic (exact) mass is 350 g/mol. The van der Waals surface area contributed by atoms with Gasteiger partial charge < -0.3 is 15.0 Å². The highest BCUT2D eigenvalue weighted by molar-refractivity contribution is 5.97. The molecule has 1 N–H and O–H groups in total. The zero-order valence-corrected chi connectivity index (χ0v) is 15.5. The number of hydrogen-bond acceptors (Lipinski definition) is 3. The first-order valence-electron chi connectivity index (χ1n) is 9.34. The molecule has 2 aliphatic rings. The second-order valence-corrected chi connectivity index (χ2v) is 7.65. The Balaban J connectivity index is 1.57. The summed E-state index contributed by atoms with van der Waals surface area (Å²) in [6, 6.07) is 16.1. The van der Waals surface area contributed by atoms with Gasteiger partial charge in [-0.2, -0.15) is 0 Å². The van der Waals surface area contributed by atoms with Crippen LogP contribution in [-0.2, 0) is 10.2 Å². The molecule has 136 valence electrons. The van der Waals surface area contributed by atoms with Crippen LogP contribution in [0.4, 0.5) is 5.69 Å². The van der Waals surface area contributed by atoms with Crippen molar-refractivity contribution in [2.24, 2.45) is 0 Å². The van der Waals surface area contributed by atoms with E-state index in [0.29, 0.717) is 0 Å². The highest BCUT2D eigenvalue weighted by Gasteiger charge is 2.46. The van der Waals surface area contributed by atoms with Crippen LogP contribution < -0.4 is 10.1 Å². The number of anilines is 1. The quantitative estimate of drug-likeness (QED) is 0.916. The summed E-state index contributed by atoms with van der Waals surface area (Å²) in [6.07, 6.45) is 3.18. The third kappa shape index (κ3) is 2.99. The Morgan fingerprint density at radius 1 is 1.12 bits per heavy atom. The molecule has 0 radical (unpaired) electrons. The molecule has 1 saturated heterocycles. The van der Waals surface area contributed by atoms with Crippen molar-refractivity contribution in [2.45, 2.75) is 30.6 Å². The summed E-state index contributed by atoms with van der Waals surface area (Å²) < 4.78 is 5.19. The Labute approximate surface area is 155 Å². The van der Waals surface area contributed by atoms with E-state index in [1.807, 2.05) is 24.3 Å². The number of nitrogens with one attached hydrogen (secondary N) is 1. The van der Waals surface area contributed by atoms with Crippen molar-refractivity contribution in [1.29, 1.82) is 0 Å². The molecule has 0 bridgehead atoms. The van der Waals surface area contributed by atoms with Gasteiger partial charge in [-0.15, -0.1) is 0 Å². The van der Waals surface area contributed by atoms with E-state index >= 15 is 0 Å². The summed E-state index contributed by atoms with van der Waals surface area (Å²) in [7, 11) is 3.83. The summed E-state index contributed by atoms with van der Waals surface area (Å²) in [4.78, 5) is 15.5. The predicted octanol–water partition coefficient (Wildman–Crippen LogP) is 3.78. The fraction of sp³-hybridized carbons (Fsp3) is 0.409. The molecule has 1 heterocycles. The van der Waals surface area contributed by atoms with Gasteiger partial charge in [-0.05, 0) is 80.2 Å². The molecule has 1 aliphatic heterocycles. The third-order valence-corrected chi connectivity index (χ3v) is 6.12. The number of benzene rings is 2. The van der Waals surface area contributed by atoms with Gasteiger partial charge in [0.1, 0.15) is 5.75 Å². The number of amides is 1. The number of nitrogens with zero attached hydrogens (tertiary/aromatic N) is 1. The SMILES string of the molecule is COc1ccc(NC(=O)C2CC3(CCN(C)CC3)c3ccccc32)cc1. The number of rotatable bonds is 3. The number of likely N-dealkylation sites (tertiary alicyclic amines) is 1. The largest absolute Gasteiger partial charge is 0.497 e. The molecule has 1 unspecified atom stereocenters. The predicted molar refractivity (Wildman–Crippen MR) is 104 cm³/mol. The van der Waals surface area contributed by atoms with Crippen molar-refractivity contribution in [3.05, 3.63) is 59.7 Å². The molecule has 26 heavy (non-hydrogen) atoms. The molecule has 4 rings (SSSR count). The topological polar surface area (TPSA) is 41.6 Å². The van der Waals surface area contributed by atoms with Crippen molar-refractivity contribution in [2.75, 3.05) is 32.6 Å². The lowest BCUT2D eigenvalue weighted by atomic mass is 9.73. The summed E-state index contributed by atoms with van der Waals surface area (Å²) in [5.74, 6) is 0.814. The summed E-state index contributed by atoms with van der Waals surface area (Å²) in [5.41, 5.74) is 3.58. The number of ether oxygens (including phenoxy) is 1. The Morgan fingerprint density at radius 3 is 2.50 bits per heavy atom. The molecule has 2 aromatic carbocycles. The average molecular weight is 350 g/mol. The first-order chi connectivity index (χ1) is 12.6.